The van der Waals surface area contributed by atoms with Crippen LogP contribution in [0.25, 0.3) is 0 Å². The molecule has 0 saturated carbocycles. The summed E-state index contributed by atoms with van der Waals surface area (Å²) in [7, 11) is 1.48. The maximum absolute atomic E-state index is 12.1. The fraction of sp³-hybridized carbons (Fsp3) is 0.231. The lowest BCUT2D eigenvalue weighted by molar-refractivity contribution is -0.734. The summed E-state index contributed by atoms with van der Waals surface area (Å²) in [5.74, 6) is -0.750. The number of hydrogen-bond donors (Lipinski definition) is 1. The molecule has 1 aromatic carbocycles. The summed E-state index contributed by atoms with van der Waals surface area (Å²) in [6.07, 6.45) is 1.33. The number of nitrogens with zero attached hydrogens (tertiary/aromatic N) is 4. The molecule has 0 bridgehead atoms. The molecule has 0 aliphatic heterocycles. The summed E-state index contributed by atoms with van der Waals surface area (Å²) < 4.78 is 5.99. The van der Waals surface area contributed by atoms with Crippen LogP contribution in [0.1, 0.15) is 23.0 Å². The van der Waals surface area contributed by atoms with Crippen molar-refractivity contribution in [2.75, 3.05) is 6.61 Å². The van der Waals surface area contributed by atoms with Gasteiger partial charge in [0.1, 0.15) is 7.05 Å². The van der Waals surface area contributed by atoms with Crippen LogP contribution in [-0.4, -0.2) is 33.7 Å². The molecule has 23 heavy (non-hydrogen) atoms. The van der Waals surface area contributed by atoms with Crippen molar-refractivity contribution < 1.29 is 19.1 Å². The second-order valence-electron chi connectivity index (χ2n) is 4.44. The Morgan fingerprint density at radius 3 is 2.70 bits per heavy atom. The van der Waals surface area contributed by atoms with E-state index in [1.165, 1.54) is 42.2 Å². The number of H-pyrrole nitrogens is 1. The number of aryl methyl sites for hydroxylation is 1. The van der Waals surface area contributed by atoms with Gasteiger partial charge in [0.2, 0.25) is 0 Å². The maximum atomic E-state index is 12.1. The lowest BCUT2D eigenvalue weighted by atomic mass is 10.2. The number of nitrogens with one attached hydrogen (secondary N) is 1. The zero-order valence-electron chi connectivity index (χ0n) is 12.4. The Labute approximate surface area is 129 Å². The van der Waals surface area contributed by atoms with Crippen molar-refractivity contribution in [3.05, 3.63) is 56.0 Å². The third-order valence-electron chi connectivity index (χ3n) is 2.87. The smallest absolute Gasteiger partial charge is 0.434 e. The quantitative estimate of drug-likeness (QED) is 0.272. The Balaban J connectivity index is 2.26. The van der Waals surface area contributed by atoms with Gasteiger partial charge in [-0.25, -0.2) is 9.59 Å². The van der Waals surface area contributed by atoms with Gasteiger partial charge in [0.15, 0.2) is 0 Å². The number of aromatic amines is 1. The van der Waals surface area contributed by atoms with Crippen molar-refractivity contribution in [1.29, 1.82) is 0 Å². The van der Waals surface area contributed by atoms with Crippen molar-refractivity contribution in [1.82, 2.24) is 10.0 Å². The van der Waals surface area contributed by atoms with E-state index < -0.39 is 16.5 Å². The van der Waals surface area contributed by atoms with Crippen molar-refractivity contribution in [3.63, 3.8) is 0 Å². The highest BCUT2D eigenvalue weighted by molar-refractivity contribution is 5.85. The first-order valence-electron chi connectivity index (χ1n) is 6.61. The summed E-state index contributed by atoms with van der Waals surface area (Å²) in [5, 5.41) is 17.0. The summed E-state index contributed by atoms with van der Waals surface area (Å²) in [4.78, 5) is 34.7. The fourth-order valence-electron chi connectivity index (χ4n) is 1.79. The molecule has 0 radical (unpaired) electrons. The Morgan fingerprint density at radius 1 is 1.48 bits per heavy atom. The van der Waals surface area contributed by atoms with Gasteiger partial charge in [0.05, 0.1) is 17.7 Å². The minimum atomic E-state index is -0.750. The van der Waals surface area contributed by atoms with Gasteiger partial charge in [0, 0.05) is 16.9 Å². The standard InChI is InChI=1S/C13H13N5O5/c1-3-23-13(20)11-12(19)17(15-16(11)2)14-8-9-4-6-10(7-5-9)18(21)22/h4-8H,3H2,1-2H3/p+1. The molecule has 1 heterocycles. The lowest BCUT2D eigenvalue weighted by Gasteiger charge is -1.94. The summed E-state index contributed by atoms with van der Waals surface area (Å²) >= 11 is 0. The Hall–Kier alpha value is -3.30. The van der Waals surface area contributed by atoms with Crippen LogP contribution in [0, 0.1) is 10.1 Å². The van der Waals surface area contributed by atoms with Crippen LogP contribution in [-0.2, 0) is 11.8 Å². The topological polar surface area (TPSA) is 123 Å². The highest BCUT2D eigenvalue weighted by Crippen LogP contribution is 2.10. The number of esters is 1. The van der Waals surface area contributed by atoms with Gasteiger partial charge < -0.3 is 4.74 Å². The number of nitro groups is 1. The Morgan fingerprint density at radius 2 is 2.13 bits per heavy atom. The highest BCUT2D eigenvalue weighted by Gasteiger charge is 2.27. The van der Waals surface area contributed by atoms with E-state index in [2.05, 4.69) is 10.3 Å². The van der Waals surface area contributed by atoms with E-state index in [1.54, 1.807) is 6.92 Å². The minimum absolute atomic E-state index is 0.0461. The normalized spacial score (nSPS) is 10.9. The van der Waals surface area contributed by atoms with Crippen LogP contribution in [0.5, 0.6) is 0 Å². The molecule has 1 N–H and O–H groups in total. The van der Waals surface area contributed by atoms with Crippen LogP contribution in [0.3, 0.4) is 0 Å². The van der Waals surface area contributed by atoms with E-state index in [0.717, 1.165) is 4.79 Å². The predicted octanol–water partition coefficient (Wildman–Crippen LogP) is -0.0320. The molecule has 10 nitrogen and oxygen atoms in total. The molecule has 0 aliphatic rings. The molecule has 120 valence electrons. The number of rotatable bonds is 5. The fourth-order valence-corrected chi connectivity index (χ4v) is 1.79. The van der Waals surface area contributed by atoms with Gasteiger partial charge >= 0.3 is 17.2 Å². The average Bonchev–Trinajstić information content (AvgIpc) is 2.80. The lowest BCUT2D eigenvalue weighted by Crippen LogP contribution is -2.39. The second-order valence-corrected chi connectivity index (χ2v) is 4.44. The number of nitro benzene ring substituents is 1. The second kappa shape index (κ2) is 6.64. The van der Waals surface area contributed by atoms with Crippen LogP contribution in [0.4, 0.5) is 5.69 Å². The summed E-state index contributed by atoms with van der Waals surface area (Å²) in [5.41, 5.74) is -0.343. The molecule has 2 rings (SSSR count). The first-order valence-corrected chi connectivity index (χ1v) is 6.61. The first kappa shape index (κ1) is 16.1. The third kappa shape index (κ3) is 3.48. The molecule has 2 aromatic rings. The van der Waals surface area contributed by atoms with Crippen LogP contribution < -0.4 is 10.2 Å². The van der Waals surface area contributed by atoms with Gasteiger partial charge in [-0.2, -0.15) is 0 Å². The van der Waals surface area contributed by atoms with Crippen molar-refractivity contribution in [2.45, 2.75) is 6.92 Å². The van der Waals surface area contributed by atoms with Crippen molar-refractivity contribution >= 4 is 17.9 Å². The molecule has 0 saturated heterocycles. The van der Waals surface area contributed by atoms with Crippen LogP contribution in [0.15, 0.2) is 34.2 Å². The zero-order chi connectivity index (χ0) is 17.0. The highest BCUT2D eigenvalue weighted by atomic mass is 16.6. The van der Waals surface area contributed by atoms with E-state index >= 15 is 0 Å². The Kier molecular flexibility index (Phi) is 4.64. The number of carbonyl (C=O) groups is 1. The zero-order valence-corrected chi connectivity index (χ0v) is 12.4. The molecule has 0 aliphatic carbocycles. The van der Waals surface area contributed by atoms with Crippen LogP contribution in [0.2, 0.25) is 0 Å². The SMILES string of the molecule is CCOC(=O)c1c(=O)n(N=Cc2ccc([N+](=O)[O-])cc2)[nH][n+]1C. The summed E-state index contributed by atoms with van der Waals surface area (Å²) in [6.45, 7) is 1.78. The van der Waals surface area contributed by atoms with Crippen molar-refractivity contribution in [2.24, 2.45) is 12.1 Å². The number of benzene rings is 1. The van der Waals surface area contributed by atoms with E-state index in [4.69, 9.17) is 4.74 Å². The van der Waals surface area contributed by atoms with Gasteiger partial charge in [-0.15, -0.1) is 4.68 Å². The van der Waals surface area contributed by atoms with Gasteiger partial charge in [0.25, 0.3) is 5.69 Å². The Bertz CT molecular complexity index is 818. The minimum Gasteiger partial charge on any atom is -0.459 e. The number of carbonyl (C=O) groups excluding carboxylic acids is 1. The first-order chi connectivity index (χ1) is 10.9. The molecular weight excluding hydrogens is 306 g/mol. The number of ether oxygens (including phenoxy) is 1. The molecule has 0 unspecified atom stereocenters. The van der Waals surface area contributed by atoms with Crippen molar-refractivity contribution in [3.8, 4) is 0 Å². The van der Waals surface area contributed by atoms with E-state index in [-0.39, 0.29) is 18.0 Å². The number of non-ortho nitro benzene ring substituents is 1. The largest absolute Gasteiger partial charge is 0.459 e. The van der Waals surface area contributed by atoms with Gasteiger partial charge in [-0.3, -0.25) is 10.1 Å². The molecule has 0 spiro atoms. The number of hydrogen-bond acceptors (Lipinski definition) is 6. The molecule has 1 aromatic heterocycles. The summed E-state index contributed by atoms with van der Waals surface area (Å²) in [6, 6.07) is 5.62. The monoisotopic (exact) mass is 320 g/mol. The molecular formula is C13H14N5O5+. The molecule has 10 heteroatoms. The van der Waals surface area contributed by atoms with Gasteiger partial charge in [-0.1, -0.05) is 10.3 Å². The third-order valence-corrected chi connectivity index (χ3v) is 2.87. The average molecular weight is 320 g/mol. The molecule has 0 fully saturated rings. The number of aromatic nitrogens is 3. The van der Waals surface area contributed by atoms with Crippen LogP contribution >= 0.6 is 0 Å². The van der Waals surface area contributed by atoms with E-state index in [1.807, 2.05) is 0 Å². The predicted molar refractivity (Wildman–Crippen MR) is 78.3 cm³/mol. The van der Waals surface area contributed by atoms with Gasteiger partial charge in [-0.05, 0) is 24.6 Å². The van der Waals surface area contributed by atoms with E-state index in [0.29, 0.717) is 5.56 Å². The maximum Gasteiger partial charge on any atom is 0.434 e. The molecule has 0 amide bonds. The van der Waals surface area contributed by atoms with E-state index in [9.17, 15) is 19.7 Å². The molecule has 0 atom stereocenters.